The molecule has 1 aliphatic rings. The summed E-state index contributed by atoms with van der Waals surface area (Å²) in [6, 6.07) is 12.8. The van der Waals surface area contributed by atoms with Gasteiger partial charge < -0.3 is 0 Å². The molecule has 0 spiro atoms. The number of anilines is 1. The van der Waals surface area contributed by atoms with Crippen molar-refractivity contribution in [3.8, 4) is 0 Å². The minimum absolute atomic E-state index is 0.0735. The lowest BCUT2D eigenvalue weighted by Gasteiger charge is -2.18. The molecule has 0 atom stereocenters. The zero-order valence-corrected chi connectivity index (χ0v) is 18.1. The van der Waals surface area contributed by atoms with Gasteiger partial charge in [0, 0.05) is 18.3 Å². The van der Waals surface area contributed by atoms with Gasteiger partial charge in [0.15, 0.2) is 0 Å². The summed E-state index contributed by atoms with van der Waals surface area (Å²) in [6.45, 7) is 0. The Labute approximate surface area is 172 Å². The average Bonchev–Trinajstić information content (AvgIpc) is 2.73. The van der Waals surface area contributed by atoms with Gasteiger partial charge in [-0.05, 0) is 56.1 Å². The highest BCUT2D eigenvalue weighted by Crippen LogP contribution is 2.44. The van der Waals surface area contributed by atoms with Crippen LogP contribution in [0.5, 0.6) is 0 Å². The summed E-state index contributed by atoms with van der Waals surface area (Å²) in [5.41, 5.74) is 0.426. The lowest BCUT2D eigenvalue weighted by atomic mass is 10.3. The third kappa shape index (κ3) is 3.37. The van der Waals surface area contributed by atoms with Crippen molar-refractivity contribution in [2.24, 2.45) is 0 Å². The standard InChI is InChI=1S/C16H7Br3ClNO2S/c17-8-6-10(18)13(11(19)7-8)21-15(22)12(20)14(16(21)23)24-9-4-2-1-3-5-9/h1-7H. The lowest BCUT2D eigenvalue weighted by Crippen LogP contribution is -2.31. The summed E-state index contributed by atoms with van der Waals surface area (Å²) in [6.07, 6.45) is 0. The predicted molar refractivity (Wildman–Crippen MR) is 107 cm³/mol. The topological polar surface area (TPSA) is 37.4 Å². The number of benzene rings is 2. The molecule has 0 unspecified atom stereocenters. The Morgan fingerprint density at radius 1 is 0.917 bits per heavy atom. The van der Waals surface area contributed by atoms with E-state index in [1.54, 1.807) is 12.1 Å². The second-order valence-corrected chi connectivity index (χ2v) is 8.81. The smallest absolute Gasteiger partial charge is 0.268 e. The van der Waals surface area contributed by atoms with Gasteiger partial charge in [0.2, 0.25) is 0 Å². The Balaban J connectivity index is 2.00. The number of thioether (sulfide) groups is 1. The van der Waals surface area contributed by atoms with Crippen LogP contribution in [0.15, 0.2) is 70.7 Å². The van der Waals surface area contributed by atoms with Gasteiger partial charge in [-0.25, -0.2) is 4.90 Å². The van der Waals surface area contributed by atoms with E-state index in [0.29, 0.717) is 14.6 Å². The van der Waals surface area contributed by atoms with E-state index >= 15 is 0 Å². The predicted octanol–water partition coefficient (Wildman–Crippen LogP) is 6.09. The molecule has 2 aromatic rings. The van der Waals surface area contributed by atoms with Crippen LogP contribution in [0.3, 0.4) is 0 Å². The highest BCUT2D eigenvalue weighted by atomic mass is 79.9. The van der Waals surface area contributed by atoms with E-state index in [9.17, 15) is 9.59 Å². The molecule has 1 heterocycles. The van der Waals surface area contributed by atoms with Crippen LogP contribution in [0.1, 0.15) is 0 Å². The molecule has 0 aliphatic carbocycles. The zero-order valence-electron chi connectivity index (χ0n) is 11.7. The van der Waals surface area contributed by atoms with E-state index in [1.807, 2.05) is 30.3 Å². The summed E-state index contributed by atoms with van der Waals surface area (Å²) in [5, 5.41) is -0.0735. The van der Waals surface area contributed by atoms with E-state index in [4.69, 9.17) is 11.6 Å². The van der Waals surface area contributed by atoms with E-state index in [1.165, 1.54) is 11.8 Å². The molecule has 2 amide bonds. The van der Waals surface area contributed by atoms with Gasteiger partial charge >= 0.3 is 0 Å². The first kappa shape index (κ1) is 18.2. The largest absolute Gasteiger partial charge is 0.278 e. The molecule has 24 heavy (non-hydrogen) atoms. The third-order valence-electron chi connectivity index (χ3n) is 3.16. The first-order valence-corrected chi connectivity index (χ1v) is 10.1. The first-order chi connectivity index (χ1) is 11.4. The number of carbonyl (C=O) groups excluding carboxylic acids is 2. The number of imide groups is 1. The lowest BCUT2D eigenvalue weighted by molar-refractivity contribution is -0.120. The summed E-state index contributed by atoms with van der Waals surface area (Å²) in [7, 11) is 0. The first-order valence-electron chi connectivity index (χ1n) is 6.56. The molecule has 122 valence electrons. The van der Waals surface area contributed by atoms with Gasteiger partial charge in [-0.2, -0.15) is 0 Å². The van der Waals surface area contributed by atoms with Crippen molar-refractivity contribution < 1.29 is 9.59 Å². The minimum atomic E-state index is -0.538. The van der Waals surface area contributed by atoms with E-state index in [2.05, 4.69) is 47.8 Å². The normalized spacial score (nSPS) is 14.8. The fourth-order valence-corrected chi connectivity index (χ4v) is 5.91. The van der Waals surface area contributed by atoms with Gasteiger partial charge in [-0.1, -0.05) is 57.5 Å². The maximum absolute atomic E-state index is 12.8. The number of amides is 2. The molecular weight excluding hydrogens is 545 g/mol. The summed E-state index contributed by atoms with van der Waals surface area (Å²) in [5.74, 6) is -0.980. The molecule has 0 bridgehead atoms. The monoisotopic (exact) mass is 549 g/mol. The van der Waals surface area contributed by atoms with Crippen molar-refractivity contribution >= 4 is 88.7 Å². The van der Waals surface area contributed by atoms with Gasteiger partial charge in [-0.3, -0.25) is 9.59 Å². The fourth-order valence-electron chi connectivity index (χ4n) is 2.13. The molecule has 1 aliphatic heterocycles. The maximum Gasteiger partial charge on any atom is 0.278 e. The Morgan fingerprint density at radius 3 is 2.08 bits per heavy atom. The van der Waals surface area contributed by atoms with Crippen LogP contribution in [0.25, 0.3) is 0 Å². The molecule has 0 N–H and O–H groups in total. The van der Waals surface area contributed by atoms with Gasteiger partial charge in [-0.15, -0.1) is 0 Å². The average molecular weight is 552 g/mol. The van der Waals surface area contributed by atoms with Crippen LogP contribution < -0.4 is 4.90 Å². The van der Waals surface area contributed by atoms with Crippen molar-refractivity contribution in [3.05, 3.63) is 65.8 Å². The molecule has 0 saturated carbocycles. The summed E-state index contributed by atoms with van der Waals surface area (Å²) in [4.78, 5) is 27.5. The zero-order chi connectivity index (χ0) is 17.4. The van der Waals surface area contributed by atoms with Crippen molar-refractivity contribution in [1.82, 2.24) is 0 Å². The molecule has 0 saturated heterocycles. The summed E-state index contributed by atoms with van der Waals surface area (Å²) >= 11 is 17.5. The molecule has 0 aromatic heterocycles. The quantitative estimate of drug-likeness (QED) is 0.433. The summed E-state index contributed by atoms with van der Waals surface area (Å²) < 4.78 is 2.00. The van der Waals surface area contributed by atoms with Crippen molar-refractivity contribution in [3.63, 3.8) is 0 Å². The van der Waals surface area contributed by atoms with E-state index in [-0.39, 0.29) is 9.94 Å². The van der Waals surface area contributed by atoms with E-state index in [0.717, 1.165) is 14.3 Å². The van der Waals surface area contributed by atoms with Crippen molar-refractivity contribution in [1.29, 1.82) is 0 Å². The molecule has 3 rings (SSSR count). The van der Waals surface area contributed by atoms with Gasteiger partial charge in [0.05, 0.1) is 5.69 Å². The van der Waals surface area contributed by atoms with Gasteiger partial charge in [0.25, 0.3) is 11.8 Å². The fraction of sp³-hybridized carbons (Fsp3) is 0. The number of nitrogens with zero attached hydrogens (tertiary/aromatic N) is 1. The Hall–Kier alpha value is -0.600. The number of halogens is 4. The SMILES string of the molecule is O=C1C(Cl)=C(Sc2ccccc2)C(=O)N1c1c(Br)cc(Br)cc1Br. The number of carbonyl (C=O) groups is 2. The molecule has 0 fully saturated rings. The van der Waals surface area contributed by atoms with Gasteiger partial charge in [0.1, 0.15) is 9.94 Å². The minimum Gasteiger partial charge on any atom is -0.268 e. The molecule has 2 aromatic carbocycles. The molecule has 3 nitrogen and oxygen atoms in total. The second kappa shape index (κ2) is 7.33. The second-order valence-electron chi connectivity index (χ2n) is 4.72. The van der Waals surface area contributed by atoms with E-state index < -0.39 is 11.8 Å². The Bertz CT molecular complexity index is 863. The van der Waals surface area contributed by atoms with Crippen molar-refractivity contribution in [2.75, 3.05) is 4.90 Å². The number of hydrogen-bond acceptors (Lipinski definition) is 3. The molecule has 8 heteroatoms. The van der Waals surface area contributed by atoms with Crippen LogP contribution in [0, 0.1) is 0 Å². The van der Waals surface area contributed by atoms with Crippen LogP contribution in [-0.2, 0) is 9.59 Å². The van der Waals surface area contributed by atoms with Crippen LogP contribution in [0.2, 0.25) is 0 Å². The Kier molecular flexibility index (Phi) is 5.56. The third-order valence-corrected chi connectivity index (χ3v) is 6.38. The number of hydrogen-bond donors (Lipinski definition) is 0. The Morgan fingerprint density at radius 2 is 1.50 bits per heavy atom. The molecular formula is C16H7Br3ClNO2S. The molecule has 0 radical (unpaired) electrons. The van der Waals surface area contributed by atoms with Crippen LogP contribution in [0.4, 0.5) is 5.69 Å². The highest BCUT2D eigenvalue weighted by molar-refractivity contribution is 9.11. The van der Waals surface area contributed by atoms with Crippen LogP contribution >= 0.6 is 71.2 Å². The van der Waals surface area contributed by atoms with Crippen molar-refractivity contribution in [2.45, 2.75) is 4.90 Å². The highest BCUT2D eigenvalue weighted by Gasteiger charge is 2.40. The number of rotatable bonds is 3. The maximum atomic E-state index is 12.8. The van der Waals surface area contributed by atoms with Crippen LogP contribution in [-0.4, -0.2) is 11.8 Å².